The number of phenolic OH excluding ortho intramolecular Hbond substituents is 1. The van der Waals surface area contributed by atoms with E-state index in [-0.39, 0.29) is 0 Å². The lowest BCUT2D eigenvalue weighted by atomic mass is 10.0. The van der Waals surface area contributed by atoms with Crippen LogP contribution in [0.5, 0.6) is 5.75 Å². The minimum absolute atomic E-state index is 0.348. The lowest BCUT2D eigenvalue weighted by Crippen LogP contribution is -2.25. The summed E-state index contributed by atoms with van der Waals surface area (Å²) in [6.45, 7) is 8.94. The summed E-state index contributed by atoms with van der Waals surface area (Å²) in [5.74, 6) is 1.77. The zero-order chi connectivity index (χ0) is 12.7. The molecule has 96 valence electrons. The standard InChI is InChI=1S/C15H25NO/c1-12(2)10-16-11-13(3)4-5-14-6-8-15(17)9-7-14/h6-9,12-13,16-17H,4-5,10-11H2,1-3H3. The highest BCUT2D eigenvalue weighted by Crippen LogP contribution is 2.13. The largest absolute Gasteiger partial charge is 0.508 e. The molecule has 0 aromatic heterocycles. The van der Waals surface area contributed by atoms with Crippen LogP contribution < -0.4 is 5.32 Å². The molecule has 0 spiro atoms. The van der Waals surface area contributed by atoms with Crippen LogP contribution in [0.3, 0.4) is 0 Å². The highest BCUT2D eigenvalue weighted by atomic mass is 16.3. The summed E-state index contributed by atoms with van der Waals surface area (Å²) in [5.41, 5.74) is 1.30. The molecule has 2 heteroatoms. The summed E-state index contributed by atoms with van der Waals surface area (Å²) in [7, 11) is 0. The van der Waals surface area contributed by atoms with Gasteiger partial charge in [0.25, 0.3) is 0 Å². The molecule has 1 aromatic carbocycles. The summed E-state index contributed by atoms with van der Waals surface area (Å²) in [5, 5.41) is 12.7. The molecular weight excluding hydrogens is 210 g/mol. The van der Waals surface area contributed by atoms with Gasteiger partial charge in [-0.2, -0.15) is 0 Å². The van der Waals surface area contributed by atoms with Gasteiger partial charge in [-0.3, -0.25) is 0 Å². The Bertz CT molecular complexity index is 305. The van der Waals surface area contributed by atoms with Gasteiger partial charge in [0.05, 0.1) is 0 Å². The average Bonchev–Trinajstić information content (AvgIpc) is 2.28. The van der Waals surface area contributed by atoms with Crippen molar-refractivity contribution in [1.82, 2.24) is 5.32 Å². The zero-order valence-electron chi connectivity index (χ0n) is 11.2. The Morgan fingerprint density at radius 1 is 1.06 bits per heavy atom. The molecule has 1 aromatic rings. The highest BCUT2D eigenvalue weighted by molar-refractivity contribution is 5.25. The number of nitrogens with one attached hydrogen (secondary N) is 1. The molecule has 1 atom stereocenters. The van der Waals surface area contributed by atoms with Crippen molar-refractivity contribution < 1.29 is 5.11 Å². The molecule has 0 bridgehead atoms. The molecule has 2 nitrogen and oxygen atoms in total. The van der Waals surface area contributed by atoms with Crippen molar-refractivity contribution in [3.63, 3.8) is 0 Å². The van der Waals surface area contributed by atoms with E-state index in [1.807, 2.05) is 12.1 Å². The van der Waals surface area contributed by atoms with Gasteiger partial charge in [-0.05, 0) is 55.5 Å². The van der Waals surface area contributed by atoms with Crippen molar-refractivity contribution in [1.29, 1.82) is 0 Å². The number of hydrogen-bond donors (Lipinski definition) is 2. The van der Waals surface area contributed by atoms with E-state index in [0.29, 0.717) is 11.7 Å². The fourth-order valence-corrected chi connectivity index (χ4v) is 1.80. The van der Waals surface area contributed by atoms with Crippen molar-refractivity contribution >= 4 is 0 Å². The van der Waals surface area contributed by atoms with Gasteiger partial charge in [0, 0.05) is 0 Å². The number of hydrogen-bond acceptors (Lipinski definition) is 2. The van der Waals surface area contributed by atoms with Crippen molar-refractivity contribution in [2.45, 2.75) is 33.6 Å². The Morgan fingerprint density at radius 2 is 1.71 bits per heavy atom. The monoisotopic (exact) mass is 235 g/mol. The van der Waals surface area contributed by atoms with Crippen LogP contribution in [0.15, 0.2) is 24.3 Å². The quantitative estimate of drug-likeness (QED) is 0.760. The number of benzene rings is 1. The van der Waals surface area contributed by atoms with Crippen LogP contribution in [0.1, 0.15) is 32.8 Å². The minimum atomic E-state index is 0.348. The summed E-state index contributed by atoms with van der Waals surface area (Å²) in [6, 6.07) is 7.53. The zero-order valence-corrected chi connectivity index (χ0v) is 11.2. The second-order valence-corrected chi connectivity index (χ2v) is 5.36. The Balaban J connectivity index is 2.19. The third-order valence-electron chi connectivity index (χ3n) is 2.91. The van der Waals surface area contributed by atoms with Gasteiger partial charge in [0.15, 0.2) is 0 Å². The molecule has 0 saturated carbocycles. The minimum Gasteiger partial charge on any atom is -0.508 e. The molecule has 17 heavy (non-hydrogen) atoms. The number of aryl methyl sites for hydroxylation is 1. The van der Waals surface area contributed by atoms with E-state index in [1.54, 1.807) is 12.1 Å². The number of rotatable bonds is 7. The molecule has 0 aliphatic heterocycles. The first-order valence-corrected chi connectivity index (χ1v) is 6.56. The molecule has 0 radical (unpaired) electrons. The van der Waals surface area contributed by atoms with Crippen LogP contribution in [-0.4, -0.2) is 18.2 Å². The second kappa shape index (κ2) is 7.33. The Hall–Kier alpha value is -1.02. The number of aromatic hydroxyl groups is 1. The van der Waals surface area contributed by atoms with E-state index < -0.39 is 0 Å². The molecule has 0 aliphatic carbocycles. The van der Waals surface area contributed by atoms with Crippen molar-refractivity contribution in [2.24, 2.45) is 11.8 Å². The molecule has 0 aliphatic rings. The summed E-state index contributed by atoms with van der Waals surface area (Å²) in [4.78, 5) is 0. The smallest absolute Gasteiger partial charge is 0.115 e. The summed E-state index contributed by atoms with van der Waals surface area (Å²) >= 11 is 0. The van der Waals surface area contributed by atoms with Crippen LogP contribution in [-0.2, 0) is 6.42 Å². The third-order valence-corrected chi connectivity index (χ3v) is 2.91. The van der Waals surface area contributed by atoms with Gasteiger partial charge in [-0.1, -0.05) is 32.9 Å². The normalized spacial score (nSPS) is 12.9. The second-order valence-electron chi connectivity index (χ2n) is 5.36. The van der Waals surface area contributed by atoms with E-state index in [1.165, 1.54) is 12.0 Å². The van der Waals surface area contributed by atoms with E-state index >= 15 is 0 Å². The van der Waals surface area contributed by atoms with Crippen LogP contribution in [0.4, 0.5) is 0 Å². The van der Waals surface area contributed by atoms with Crippen LogP contribution in [0.2, 0.25) is 0 Å². The molecule has 0 amide bonds. The molecule has 1 rings (SSSR count). The predicted molar refractivity (Wildman–Crippen MR) is 73.3 cm³/mol. The van der Waals surface area contributed by atoms with Gasteiger partial charge in [-0.25, -0.2) is 0 Å². The number of phenols is 1. The highest BCUT2D eigenvalue weighted by Gasteiger charge is 2.03. The molecule has 0 heterocycles. The fraction of sp³-hybridized carbons (Fsp3) is 0.600. The van der Waals surface area contributed by atoms with E-state index in [2.05, 4.69) is 26.1 Å². The topological polar surface area (TPSA) is 32.3 Å². The molecular formula is C15H25NO. The maximum atomic E-state index is 9.19. The van der Waals surface area contributed by atoms with E-state index in [4.69, 9.17) is 0 Å². The molecule has 2 N–H and O–H groups in total. The molecule has 0 saturated heterocycles. The Morgan fingerprint density at radius 3 is 2.29 bits per heavy atom. The Kier molecular flexibility index (Phi) is 6.06. The maximum absolute atomic E-state index is 9.19. The van der Waals surface area contributed by atoms with E-state index in [0.717, 1.165) is 25.4 Å². The molecule has 0 fully saturated rings. The average molecular weight is 235 g/mol. The van der Waals surface area contributed by atoms with Gasteiger partial charge in [0.2, 0.25) is 0 Å². The van der Waals surface area contributed by atoms with Crippen LogP contribution in [0, 0.1) is 11.8 Å². The van der Waals surface area contributed by atoms with Crippen LogP contribution in [0.25, 0.3) is 0 Å². The van der Waals surface area contributed by atoms with Gasteiger partial charge >= 0.3 is 0 Å². The van der Waals surface area contributed by atoms with E-state index in [9.17, 15) is 5.11 Å². The Labute approximate surface area is 105 Å². The van der Waals surface area contributed by atoms with Crippen molar-refractivity contribution in [3.05, 3.63) is 29.8 Å². The van der Waals surface area contributed by atoms with Crippen molar-refractivity contribution in [3.8, 4) is 5.75 Å². The first-order valence-electron chi connectivity index (χ1n) is 6.56. The lowest BCUT2D eigenvalue weighted by molar-refractivity contribution is 0.453. The summed E-state index contributed by atoms with van der Waals surface area (Å²) < 4.78 is 0. The van der Waals surface area contributed by atoms with Crippen LogP contribution >= 0.6 is 0 Å². The molecule has 1 unspecified atom stereocenters. The van der Waals surface area contributed by atoms with Gasteiger partial charge in [0.1, 0.15) is 5.75 Å². The maximum Gasteiger partial charge on any atom is 0.115 e. The lowest BCUT2D eigenvalue weighted by Gasteiger charge is -2.13. The van der Waals surface area contributed by atoms with Gasteiger partial charge < -0.3 is 10.4 Å². The first-order chi connectivity index (χ1) is 8.08. The van der Waals surface area contributed by atoms with Crippen molar-refractivity contribution in [2.75, 3.05) is 13.1 Å². The third kappa shape index (κ3) is 6.32. The SMILES string of the molecule is CC(C)CNCC(C)CCc1ccc(O)cc1. The summed E-state index contributed by atoms with van der Waals surface area (Å²) in [6.07, 6.45) is 2.28. The predicted octanol–water partition coefficient (Wildman–Crippen LogP) is 3.21. The first kappa shape index (κ1) is 14.0. The fourth-order valence-electron chi connectivity index (χ4n) is 1.80. The van der Waals surface area contributed by atoms with Gasteiger partial charge in [-0.15, -0.1) is 0 Å².